The maximum atomic E-state index is 5.81. The number of halogens is 1. The van der Waals surface area contributed by atoms with Crippen molar-refractivity contribution in [1.82, 2.24) is 0 Å². The molecule has 0 atom stereocenters. The molecule has 0 spiro atoms. The smallest absolute Gasteiger partial charge is 0.122 e. The van der Waals surface area contributed by atoms with E-state index in [1.807, 2.05) is 18.2 Å². The summed E-state index contributed by atoms with van der Waals surface area (Å²) in [7, 11) is 0. The lowest BCUT2D eigenvalue weighted by Gasteiger charge is -2.09. The van der Waals surface area contributed by atoms with Gasteiger partial charge in [-0.3, -0.25) is 0 Å². The molecular formula is C15H15BrO. The summed E-state index contributed by atoms with van der Waals surface area (Å²) in [5.74, 6) is 0.955. The van der Waals surface area contributed by atoms with Gasteiger partial charge in [0.05, 0.1) is 0 Å². The lowest BCUT2D eigenvalue weighted by molar-refractivity contribution is 0.304. The predicted molar refractivity (Wildman–Crippen MR) is 74.6 cm³/mol. The summed E-state index contributed by atoms with van der Waals surface area (Å²) in [5, 5.41) is 0.880. The monoisotopic (exact) mass is 290 g/mol. The van der Waals surface area contributed by atoms with Gasteiger partial charge in [0, 0.05) is 5.33 Å². The standard InChI is InChI=1S/C15H15BrO/c1-12-5-2-3-8-15(12)17-11-14-7-4-6-13(9-14)10-16/h2-9H,10-11H2,1H3. The minimum absolute atomic E-state index is 0.617. The molecule has 2 aromatic carbocycles. The van der Waals surface area contributed by atoms with Gasteiger partial charge in [-0.05, 0) is 29.7 Å². The van der Waals surface area contributed by atoms with Gasteiger partial charge < -0.3 is 4.74 Å². The first-order valence-corrected chi connectivity index (χ1v) is 6.74. The first-order chi connectivity index (χ1) is 8.29. The number of rotatable bonds is 4. The van der Waals surface area contributed by atoms with Gasteiger partial charge in [0.15, 0.2) is 0 Å². The van der Waals surface area contributed by atoms with Crippen molar-refractivity contribution in [1.29, 1.82) is 0 Å². The van der Waals surface area contributed by atoms with Gasteiger partial charge in [0.25, 0.3) is 0 Å². The largest absolute Gasteiger partial charge is 0.489 e. The van der Waals surface area contributed by atoms with Crippen molar-refractivity contribution in [2.45, 2.75) is 18.9 Å². The Bertz CT molecular complexity index is 494. The summed E-state index contributed by atoms with van der Waals surface area (Å²) in [6.07, 6.45) is 0. The zero-order chi connectivity index (χ0) is 12.1. The van der Waals surface area contributed by atoms with E-state index in [4.69, 9.17) is 4.74 Å². The van der Waals surface area contributed by atoms with Crippen molar-refractivity contribution in [3.05, 3.63) is 65.2 Å². The number of aryl methyl sites for hydroxylation is 1. The molecule has 88 valence electrons. The third-order valence-electron chi connectivity index (χ3n) is 2.63. The average molecular weight is 291 g/mol. The van der Waals surface area contributed by atoms with Gasteiger partial charge >= 0.3 is 0 Å². The van der Waals surface area contributed by atoms with Crippen LogP contribution in [-0.2, 0) is 11.9 Å². The lowest BCUT2D eigenvalue weighted by Crippen LogP contribution is -1.97. The van der Waals surface area contributed by atoms with E-state index in [9.17, 15) is 0 Å². The molecule has 2 rings (SSSR count). The van der Waals surface area contributed by atoms with E-state index in [0.29, 0.717) is 6.61 Å². The fraction of sp³-hybridized carbons (Fsp3) is 0.200. The van der Waals surface area contributed by atoms with Crippen LogP contribution in [0.25, 0.3) is 0 Å². The normalized spacial score (nSPS) is 10.2. The molecule has 17 heavy (non-hydrogen) atoms. The third kappa shape index (κ3) is 3.34. The fourth-order valence-corrected chi connectivity index (χ4v) is 2.03. The van der Waals surface area contributed by atoms with Crippen LogP contribution in [-0.4, -0.2) is 0 Å². The van der Waals surface area contributed by atoms with Crippen molar-refractivity contribution in [3.63, 3.8) is 0 Å². The molecule has 0 bridgehead atoms. The van der Waals surface area contributed by atoms with E-state index in [0.717, 1.165) is 11.1 Å². The highest BCUT2D eigenvalue weighted by Gasteiger charge is 1.99. The summed E-state index contributed by atoms with van der Waals surface area (Å²) < 4.78 is 5.81. The van der Waals surface area contributed by atoms with Crippen LogP contribution in [0.5, 0.6) is 5.75 Å². The Morgan fingerprint density at radius 2 is 1.76 bits per heavy atom. The van der Waals surface area contributed by atoms with Crippen molar-refractivity contribution in [2.75, 3.05) is 0 Å². The third-order valence-corrected chi connectivity index (χ3v) is 3.28. The second-order valence-electron chi connectivity index (χ2n) is 4.01. The quantitative estimate of drug-likeness (QED) is 0.755. The molecule has 2 heteroatoms. The van der Waals surface area contributed by atoms with E-state index in [2.05, 4.69) is 53.2 Å². The Morgan fingerprint density at radius 1 is 1.00 bits per heavy atom. The zero-order valence-electron chi connectivity index (χ0n) is 9.82. The first-order valence-electron chi connectivity index (χ1n) is 5.62. The molecule has 0 aliphatic rings. The summed E-state index contributed by atoms with van der Waals surface area (Å²) in [6.45, 7) is 2.68. The van der Waals surface area contributed by atoms with Gasteiger partial charge in [-0.1, -0.05) is 58.4 Å². The number of para-hydroxylation sites is 1. The SMILES string of the molecule is Cc1ccccc1OCc1cccc(CBr)c1. The molecule has 0 radical (unpaired) electrons. The van der Waals surface area contributed by atoms with Crippen LogP contribution in [0.4, 0.5) is 0 Å². The fourth-order valence-electron chi connectivity index (χ4n) is 1.68. The highest BCUT2D eigenvalue weighted by atomic mass is 79.9. The van der Waals surface area contributed by atoms with Crippen molar-refractivity contribution >= 4 is 15.9 Å². The maximum absolute atomic E-state index is 5.81. The first kappa shape index (κ1) is 12.2. The predicted octanol–water partition coefficient (Wildman–Crippen LogP) is 4.47. The van der Waals surface area contributed by atoms with Gasteiger partial charge in [0.1, 0.15) is 12.4 Å². The van der Waals surface area contributed by atoms with Gasteiger partial charge in [0.2, 0.25) is 0 Å². The molecular weight excluding hydrogens is 276 g/mol. The van der Waals surface area contributed by atoms with Crippen molar-refractivity contribution in [2.24, 2.45) is 0 Å². The van der Waals surface area contributed by atoms with Crippen molar-refractivity contribution < 1.29 is 4.74 Å². The summed E-state index contributed by atoms with van der Waals surface area (Å²) in [5.41, 5.74) is 3.64. The van der Waals surface area contributed by atoms with Crippen LogP contribution < -0.4 is 4.74 Å². The van der Waals surface area contributed by atoms with Crippen molar-refractivity contribution in [3.8, 4) is 5.75 Å². The van der Waals surface area contributed by atoms with Crippen LogP contribution in [0.1, 0.15) is 16.7 Å². The molecule has 0 N–H and O–H groups in total. The molecule has 1 nitrogen and oxygen atoms in total. The Kier molecular flexibility index (Phi) is 4.21. The molecule has 0 aliphatic carbocycles. The highest BCUT2D eigenvalue weighted by Crippen LogP contribution is 2.18. The molecule has 0 unspecified atom stereocenters. The van der Waals surface area contributed by atoms with E-state index < -0.39 is 0 Å². The van der Waals surface area contributed by atoms with Crippen LogP contribution in [0.3, 0.4) is 0 Å². The highest BCUT2D eigenvalue weighted by molar-refractivity contribution is 9.08. The van der Waals surface area contributed by atoms with E-state index in [1.165, 1.54) is 16.7 Å². The van der Waals surface area contributed by atoms with E-state index in [1.54, 1.807) is 0 Å². The Hall–Kier alpha value is -1.28. The molecule has 0 saturated heterocycles. The number of benzene rings is 2. The van der Waals surface area contributed by atoms with Gasteiger partial charge in [-0.25, -0.2) is 0 Å². The Labute approximate surface area is 111 Å². The van der Waals surface area contributed by atoms with E-state index >= 15 is 0 Å². The minimum Gasteiger partial charge on any atom is -0.489 e. The van der Waals surface area contributed by atoms with Gasteiger partial charge in [-0.2, -0.15) is 0 Å². The number of ether oxygens (including phenoxy) is 1. The second kappa shape index (κ2) is 5.87. The van der Waals surface area contributed by atoms with Crippen LogP contribution in [0.2, 0.25) is 0 Å². The Morgan fingerprint density at radius 3 is 2.53 bits per heavy atom. The molecule has 0 fully saturated rings. The molecule has 0 aromatic heterocycles. The molecule has 2 aromatic rings. The molecule has 0 heterocycles. The number of alkyl halides is 1. The summed E-state index contributed by atoms with van der Waals surface area (Å²) >= 11 is 3.46. The summed E-state index contributed by atoms with van der Waals surface area (Å²) in [6, 6.07) is 16.5. The lowest BCUT2D eigenvalue weighted by atomic mass is 10.1. The van der Waals surface area contributed by atoms with Crippen LogP contribution in [0, 0.1) is 6.92 Å². The average Bonchev–Trinajstić information content (AvgIpc) is 2.38. The number of hydrogen-bond acceptors (Lipinski definition) is 1. The molecule has 0 amide bonds. The maximum Gasteiger partial charge on any atom is 0.122 e. The van der Waals surface area contributed by atoms with Crippen LogP contribution in [0.15, 0.2) is 48.5 Å². The van der Waals surface area contributed by atoms with Gasteiger partial charge in [-0.15, -0.1) is 0 Å². The number of hydrogen-bond donors (Lipinski definition) is 0. The zero-order valence-corrected chi connectivity index (χ0v) is 11.4. The summed E-state index contributed by atoms with van der Waals surface area (Å²) in [4.78, 5) is 0. The molecule has 0 aliphatic heterocycles. The topological polar surface area (TPSA) is 9.23 Å². The van der Waals surface area contributed by atoms with E-state index in [-0.39, 0.29) is 0 Å². The van der Waals surface area contributed by atoms with Crippen LogP contribution >= 0.6 is 15.9 Å². The second-order valence-corrected chi connectivity index (χ2v) is 4.57. The minimum atomic E-state index is 0.617. The Balaban J connectivity index is 2.05. The molecule has 0 saturated carbocycles.